The van der Waals surface area contributed by atoms with Gasteiger partial charge >= 0.3 is 0 Å². The van der Waals surface area contributed by atoms with E-state index in [-0.39, 0.29) is 11.9 Å². The van der Waals surface area contributed by atoms with Gasteiger partial charge in [0.15, 0.2) is 6.04 Å². The first-order chi connectivity index (χ1) is 12.5. The standard InChI is InChI=1S/C20H23Cl2N3O/c1-14-18(22)7-4-8-19(14)23-20(26)15(2)24-9-11-25(12-10-24)17-6-3-5-16(21)13-17/h3-8,13,15H,9-12H2,1-2H3,(H,23,26)/p+1/t15-/m1/s1. The molecule has 0 radical (unpaired) electrons. The number of benzene rings is 2. The van der Waals surface area contributed by atoms with E-state index >= 15 is 0 Å². The Bertz CT molecular complexity index is 788. The molecule has 0 saturated carbocycles. The summed E-state index contributed by atoms with van der Waals surface area (Å²) < 4.78 is 0. The highest BCUT2D eigenvalue weighted by Crippen LogP contribution is 2.23. The Hall–Kier alpha value is -1.75. The van der Waals surface area contributed by atoms with Gasteiger partial charge in [0.05, 0.1) is 26.2 Å². The van der Waals surface area contributed by atoms with Gasteiger partial charge in [-0.05, 0) is 49.7 Å². The highest BCUT2D eigenvalue weighted by Gasteiger charge is 2.29. The lowest BCUT2D eigenvalue weighted by molar-refractivity contribution is -0.914. The number of carbonyl (C=O) groups is 1. The van der Waals surface area contributed by atoms with Crippen LogP contribution in [0, 0.1) is 6.92 Å². The molecule has 2 aromatic carbocycles. The topological polar surface area (TPSA) is 36.8 Å². The summed E-state index contributed by atoms with van der Waals surface area (Å²) in [6.45, 7) is 7.54. The Morgan fingerprint density at radius 2 is 1.85 bits per heavy atom. The van der Waals surface area contributed by atoms with Crippen LogP contribution >= 0.6 is 23.2 Å². The summed E-state index contributed by atoms with van der Waals surface area (Å²) in [6.07, 6.45) is 0. The lowest BCUT2D eigenvalue weighted by Gasteiger charge is -2.36. The minimum absolute atomic E-state index is 0.0292. The second-order valence-corrected chi connectivity index (χ2v) is 7.59. The molecular formula is C20H24Cl2N3O+. The van der Waals surface area contributed by atoms with Crippen molar-refractivity contribution in [2.75, 3.05) is 36.4 Å². The van der Waals surface area contributed by atoms with Crippen molar-refractivity contribution in [1.82, 2.24) is 0 Å². The second-order valence-electron chi connectivity index (χ2n) is 6.75. The molecule has 1 aliphatic heterocycles. The van der Waals surface area contributed by atoms with E-state index in [0.717, 1.165) is 48.1 Å². The van der Waals surface area contributed by atoms with E-state index in [1.165, 1.54) is 4.90 Å². The molecule has 0 aliphatic carbocycles. The number of rotatable bonds is 4. The van der Waals surface area contributed by atoms with E-state index < -0.39 is 0 Å². The highest BCUT2D eigenvalue weighted by molar-refractivity contribution is 6.31. The molecule has 1 aliphatic rings. The number of halogens is 2. The van der Waals surface area contributed by atoms with E-state index in [1.54, 1.807) is 0 Å². The van der Waals surface area contributed by atoms with Gasteiger partial charge in [-0.3, -0.25) is 4.79 Å². The summed E-state index contributed by atoms with van der Waals surface area (Å²) in [5.74, 6) is 0.0292. The van der Waals surface area contributed by atoms with Crippen LogP contribution in [0.3, 0.4) is 0 Å². The van der Waals surface area contributed by atoms with Crippen LogP contribution in [0.2, 0.25) is 10.0 Å². The molecule has 0 bridgehead atoms. The third-order valence-corrected chi connectivity index (χ3v) is 5.75. The average molecular weight is 393 g/mol. The Morgan fingerprint density at radius 3 is 2.54 bits per heavy atom. The lowest BCUT2D eigenvalue weighted by Crippen LogP contribution is -3.19. The molecule has 2 aromatic rings. The number of amides is 1. The summed E-state index contributed by atoms with van der Waals surface area (Å²) in [5.41, 5.74) is 2.82. The van der Waals surface area contributed by atoms with Gasteiger partial charge in [-0.25, -0.2) is 0 Å². The first-order valence-corrected chi connectivity index (χ1v) is 9.62. The van der Waals surface area contributed by atoms with Crippen LogP contribution in [-0.4, -0.2) is 38.1 Å². The maximum Gasteiger partial charge on any atom is 0.282 e. The van der Waals surface area contributed by atoms with Gasteiger partial charge in [0.25, 0.3) is 5.91 Å². The third-order valence-electron chi connectivity index (χ3n) is 5.11. The van der Waals surface area contributed by atoms with Crippen LogP contribution < -0.4 is 15.1 Å². The molecule has 1 saturated heterocycles. The molecule has 138 valence electrons. The number of nitrogens with zero attached hydrogens (tertiary/aromatic N) is 1. The predicted octanol–water partition coefficient (Wildman–Crippen LogP) is 3.03. The predicted molar refractivity (Wildman–Crippen MR) is 109 cm³/mol. The summed E-state index contributed by atoms with van der Waals surface area (Å²) >= 11 is 12.2. The first kappa shape index (κ1) is 19.0. The first-order valence-electron chi connectivity index (χ1n) is 8.87. The minimum Gasteiger partial charge on any atom is -0.360 e. The quantitative estimate of drug-likeness (QED) is 0.838. The highest BCUT2D eigenvalue weighted by atomic mass is 35.5. The molecule has 1 heterocycles. The van der Waals surface area contributed by atoms with Gasteiger partial charge in [-0.1, -0.05) is 35.3 Å². The molecule has 1 atom stereocenters. The SMILES string of the molecule is Cc1c(Cl)cccc1NC(=O)[C@@H](C)[NH+]1CCN(c2cccc(Cl)c2)CC1. The number of carbonyl (C=O) groups excluding carboxylic acids is 1. The van der Waals surface area contributed by atoms with Crippen molar-refractivity contribution < 1.29 is 9.69 Å². The van der Waals surface area contributed by atoms with E-state index in [1.807, 2.05) is 50.2 Å². The van der Waals surface area contributed by atoms with Crippen molar-refractivity contribution in [2.45, 2.75) is 19.9 Å². The van der Waals surface area contributed by atoms with Crippen molar-refractivity contribution in [3.63, 3.8) is 0 Å². The zero-order valence-corrected chi connectivity index (χ0v) is 16.6. The second kappa shape index (κ2) is 8.30. The summed E-state index contributed by atoms with van der Waals surface area (Å²) in [5, 5.41) is 4.44. The monoisotopic (exact) mass is 392 g/mol. The third kappa shape index (κ3) is 4.32. The summed E-state index contributed by atoms with van der Waals surface area (Å²) in [6, 6.07) is 13.4. The van der Waals surface area contributed by atoms with Crippen LogP contribution in [0.4, 0.5) is 11.4 Å². The van der Waals surface area contributed by atoms with Crippen LogP contribution in [-0.2, 0) is 4.79 Å². The molecule has 4 nitrogen and oxygen atoms in total. The average Bonchev–Trinajstić information content (AvgIpc) is 2.65. The number of hydrogen-bond acceptors (Lipinski definition) is 2. The van der Waals surface area contributed by atoms with Crippen molar-refractivity contribution in [1.29, 1.82) is 0 Å². The van der Waals surface area contributed by atoms with Crippen LogP contribution in [0.5, 0.6) is 0 Å². The molecule has 0 spiro atoms. The number of anilines is 2. The fourth-order valence-electron chi connectivity index (χ4n) is 3.33. The van der Waals surface area contributed by atoms with E-state index in [0.29, 0.717) is 5.02 Å². The lowest BCUT2D eigenvalue weighted by atomic mass is 10.1. The zero-order chi connectivity index (χ0) is 18.7. The Morgan fingerprint density at radius 1 is 1.15 bits per heavy atom. The fourth-order valence-corrected chi connectivity index (χ4v) is 3.69. The fraction of sp³-hybridized carbons (Fsp3) is 0.350. The molecular weight excluding hydrogens is 369 g/mol. The van der Waals surface area contributed by atoms with E-state index in [2.05, 4.69) is 16.3 Å². The van der Waals surface area contributed by atoms with Crippen molar-refractivity contribution in [2.24, 2.45) is 0 Å². The number of quaternary nitrogens is 1. The van der Waals surface area contributed by atoms with Crippen LogP contribution in [0.15, 0.2) is 42.5 Å². The van der Waals surface area contributed by atoms with Crippen LogP contribution in [0.25, 0.3) is 0 Å². The van der Waals surface area contributed by atoms with Gasteiger partial charge in [0.1, 0.15) is 0 Å². The Labute approximate surface area is 164 Å². The molecule has 1 fully saturated rings. The number of hydrogen-bond donors (Lipinski definition) is 2. The van der Waals surface area contributed by atoms with Gasteiger partial charge in [-0.15, -0.1) is 0 Å². The smallest absolute Gasteiger partial charge is 0.282 e. The van der Waals surface area contributed by atoms with Gasteiger partial charge in [-0.2, -0.15) is 0 Å². The summed E-state index contributed by atoms with van der Waals surface area (Å²) in [7, 11) is 0. The van der Waals surface area contributed by atoms with E-state index in [4.69, 9.17) is 23.2 Å². The van der Waals surface area contributed by atoms with Crippen molar-refractivity contribution in [3.05, 3.63) is 58.1 Å². The molecule has 3 rings (SSSR count). The van der Waals surface area contributed by atoms with Gasteiger partial charge < -0.3 is 15.1 Å². The number of nitrogens with one attached hydrogen (secondary N) is 2. The Balaban J connectivity index is 1.58. The Kier molecular flexibility index (Phi) is 6.07. The molecule has 0 unspecified atom stereocenters. The van der Waals surface area contributed by atoms with Gasteiger partial charge in [0, 0.05) is 21.4 Å². The molecule has 26 heavy (non-hydrogen) atoms. The zero-order valence-electron chi connectivity index (χ0n) is 15.1. The summed E-state index contributed by atoms with van der Waals surface area (Å²) in [4.78, 5) is 16.3. The normalized spacial score (nSPS) is 16.4. The maximum absolute atomic E-state index is 12.7. The maximum atomic E-state index is 12.7. The number of piperazine rings is 1. The van der Waals surface area contributed by atoms with Crippen molar-refractivity contribution in [3.8, 4) is 0 Å². The molecule has 1 amide bonds. The molecule has 6 heteroatoms. The van der Waals surface area contributed by atoms with E-state index in [9.17, 15) is 4.79 Å². The minimum atomic E-state index is -0.116. The van der Waals surface area contributed by atoms with Crippen molar-refractivity contribution >= 4 is 40.5 Å². The van der Waals surface area contributed by atoms with Gasteiger partial charge in [0.2, 0.25) is 0 Å². The molecule has 0 aromatic heterocycles. The largest absolute Gasteiger partial charge is 0.360 e. The molecule has 2 N–H and O–H groups in total. The van der Waals surface area contributed by atoms with Crippen LogP contribution in [0.1, 0.15) is 12.5 Å².